The minimum absolute atomic E-state index is 0.466. The first kappa shape index (κ1) is 41.0. The Morgan fingerprint density at radius 1 is 0.311 bits per heavy atom. The van der Waals surface area contributed by atoms with Crippen molar-refractivity contribution >= 4 is 71.6 Å². The molecular formula is C71H44N2O. The highest BCUT2D eigenvalue weighted by molar-refractivity contribution is 6.15. The van der Waals surface area contributed by atoms with E-state index in [1.165, 1.54) is 77.3 Å². The van der Waals surface area contributed by atoms with Crippen molar-refractivity contribution in [3.63, 3.8) is 0 Å². The van der Waals surface area contributed by atoms with Gasteiger partial charge in [0.05, 0.1) is 22.1 Å². The van der Waals surface area contributed by atoms with E-state index in [9.17, 15) is 0 Å². The number of furan rings is 1. The van der Waals surface area contributed by atoms with Gasteiger partial charge >= 0.3 is 0 Å². The number of hydrogen-bond donors (Lipinski definition) is 0. The van der Waals surface area contributed by atoms with Crippen molar-refractivity contribution in [2.75, 3.05) is 4.90 Å². The summed E-state index contributed by atoms with van der Waals surface area (Å²) in [5, 5.41) is 7.09. The first-order valence-corrected chi connectivity index (χ1v) is 25.6. The Kier molecular flexibility index (Phi) is 8.66. The van der Waals surface area contributed by atoms with Crippen LogP contribution in [0.3, 0.4) is 0 Å². The highest BCUT2D eigenvalue weighted by Gasteiger charge is 2.51. The predicted octanol–water partition coefficient (Wildman–Crippen LogP) is 19.0. The molecule has 0 unspecified atom stereocenters. The van der Waals surface area contributed by atoms with E-state index in [0.29, 0.717) is 0 Å². The fourth-order valence-corrected chi connectivity index (χ4v) is 13.0. The molecular weight excluding hydrogens is 897 g/mol. The molecule has 3 heteroatoms. The van der Waals surface area contributed by atoms with Crippen LogP contribution in [-0.4, -0.2) is 4.57 Å². The molecule has 344 valence electrons. The van der Waals surface area contributed by atoms with Crippen molar-refractivity contribution in [3.05, 3.63) is 289 Å². The quantitative estimate of drug-likeness (QED) is 0.166. The number of hydrogen-bond acceptors (Lipinski definition) is 2. The lowest BCUT2D eigenvalue weighted by Gasteiger charge is -2.32. The molecule has 2 aliphatic rings. The molecule has 0 saturated carbocycles. The first-order chi connectivity index (χ1) is 36.7. The van der Waals surface area contributed by atoms with Crippen LogP contribution >= 0.6 is 0 Å². The van der Waals surface area contributed by atoms with E-state index >= 15 is 0 Å². The third kappa shape index (κ3) is 5.72. The van der Waals surface area contributed by atoms with Crippen LogP contribution in [0.4, 0.5) is 17.1 Å². The fraction of sp³-hybridized carbons (Fsp3) is 0.0141. The molecule has 2 aromatic heterocycles. The second kappa shape index (κ2) is 15.6. The van der Waals surface area contributed by atoms with Crippen LogP contribution in [0.5, 0.6) is 0 Å². The van der Waals surface area contributed by atoms with Gasteiger partial charge in [0.25, 0.3) is 0 Å². The van der Waals surface area contributed by atoms with E-state index in [-0.39, 0.29) is 0 Å². The zero-order chi connectivity index (χ0) is 48.5. The molecule has 0 atom stereocenters. The van der Waals surface area contributed by atoms with Gasteiger partial charge in [-0.25, -0.2) is 0 Å². The predicted molar refractivity (Wildman–Crippen MR) is 307 cm³/mol. The monoisotopic (exact) mass is 940 g/mol. The zero-order valence-corrected chi connectivity index (χ0v) is 40.2. The lowest BCUT2D eigenvalue weighted by molar-refractivity contribution is 0.673. The number of fused-ring (bicyclic) bond motifs is 18. The molecule has 0 bridgehead atoms. The maximum Gasteiger partial charge on any atom is 0.143 e. The lowest BCUT2D eigenvalue weighted by atomic mass is 9.70. The van der Waals surface area contributed by atoms with Crippen molar-refractivity contribution in [3.8, 4) is 50.2 Å². The molecule has 0 fully saturated rings. The van der Waals surface area contributed by atoms with Crippen LogP contribution < -0.4 is 4.90 Å². The second-order valence-corrected chi connectivity index (χ2v) is 19.9. The Hall–Kier alpha value is -9.70. The van der Waals surface area contributed by atoms with E-state index in [4.69, 9.17) is 4.42 Å². The van der Waals surface area contributed by atoms with Gasteiger partial charge < -0.3 is 13.9 Å². The molecule has 74 heavy (non-hydrogen) atoms. The summed E-state index contributed by atoms with van der Waals surface area (Å²) in [6.07, 6.45) is 0. The Labute approximate surface area is 428 Å². The standard InChI is InChI=1S/C71H44N2O/c1-2-17-53-46(15-1)33-41-61-60-40-34-48(43-69(60)74-70(53)61)45-29-35-49(36-30-45)72(50-37-31-47(32-38-50)52-16-6-12-26-66(52)73-67-27-13-7-21-58(67)59-22-8-14-28-68(59)73)51-39-42-57-56-20-5-11-25-64(56)71(65(57)44-51)62-23-9-3-18-54(62)55-19-4-10-24-63(55)71/h1-44H. The second-order valence-electron chi connectivity index (χ2n) is 19.9. The summed E-state index contributed by atoms with van der Waals surface area (Å²) in [5.41, 5.74) is 23.2. The van der Waals surface area contributed by atoms with Crippen molar-refractivity contribution in [1.82, 2.24) is 4.57 Å². The number of anilines is 3. The molecule has 0 saturated heterocycles. The summed E-state index contributed by atoms with van der Waals surface area (Å²) in [6.45, 7) is 0. The average Bonchev–Trinajstić information content (AvgIpc) is 4.25. The number of rotatable bonds is 6. The lowest BCUT2D eigenvalue weighted by Crippen LogP contribution is -2.26. The van der Waals surface area contributed by atoms with Crippen molar-refractivity contribution in [2.24, 2.45) is 0 Å². The van der Waals surface area contributed by atoms with Crippen LogP contribution in [-0.2, 0) is 5.41 Å². The summed E-state index contributed by atoms with van der Waals surface area (Å²) in [6, 6.07) is 98.3. The number of para-hydroxylation sites is 3. The smallest absolute Gasteiger partial charge is 0.143 e. The van der Waals surface area contributed by atoms with Gasteiger partial charge in [-0.1, -0.05) is 194 Å². The van der Waals surface area contributed by atoms with Gasteiger partial charge in [0.1, 0.15) is 11.2 Å². The minimum atomic E-state index is -0.466. The van der Waals surface area contributed by atoms with E-state index in [2.05, 4.69) is 276 Å². The Morgan fingerprint density at radius 3 is 1.45 bits per heavy atom. The van der Waals surface area contributed by atoms with Crippen LogP contribution in [0.15, 0.2) is 271 Å². The van der Waals surface area contributed by atoms with Crippen molar-refractivity contribution in [2.45, 2.75) is 5.41 Å². The third-order valence-corrected chi connectivity index (χ3v) is 16.2. The molecule has 14 aromatic rings. The third-order valence-electron chi connectivity index (χ3n) is 16.2. The van der Waals surface area contributed by atoms with Gasteiger partial charge in [0.15, 0.2) is 0 Å². The summed E-state index contributed by atoms with van der Waals surface area (Å²) in [4.78, 5) is 2.43. The fourth-order valence-electron chi connectivity index (χ4n) is 13.0. The van der Waals surface area contributed by atoms with E-state index < -0.39 is 5.41 Å². The van der Waals surface area contributed by atoms with E-state index in [1.807, 2.05) is 0 Å². The molecule has 16 rings (SSSR count). The molecule has 2 heterocycles. The minimum Gasteiger partial charge on any atom is -0.455 e. The topological polar surface area (TPSA) is 21.3 Å². The molecule has 1 spiro atoms. The Morgan fingerprint density at radius 2 is 0.797 bits per heavy atom. The molecule has 3 nitrogen and oxygen atoms in total. The summed E-state index contributed by atoms with van der Waals surface area (Å²) in [5.74, 6) is 0. The molecule has 0 N–H and O–H groups in total. The van der Waals surface area contributed by atoms with E-state index in [1.54, 1.807) is 0 Å². The first-order valence-electron chi connectivity index (χ1n) is 25.6. The van der Waals surface area contributed by atoms with E-state index in [0.717, 1.165) is 66.8 Å². The molecule has 0 amide bonds. The maximum absolute atomic E-state index is 6.65. The highest BCUT2D eigenvalue weighted by Crippen LogP contribution is 2.63. The van der Waals surface area contributed by atoms with Gasteiger partial charge in [-0.05, 0) is 139 Å². The molecule has 0 aliphatic heterocycles. The van der Waals surface area contributed by atoms with Crippen LogP contribution in [0.2, 0.25) is 0 Å². The van der Waals surface area contributed by atoms with Gasteiger partial charge in [-0.15, -0.1) is 0 Å². The summed E-state index contributed by atoms with van der Waals surface area (Å²) >= 11 is 0. The largest absolute Gasteiger partial charge is 0.455 e. The maximum atomic E-state index is 6.65. The number of benzene rings is 12. The molecule has 0 radical (unpaired) electrons. The number of nitrogens with zero attached hydrogens (tertiary/aromatic N) is 2. The van der Waals surface area contributed by atoms with Gasteiger partial charge in [-0.2, -0.15) is 0 Å². The number of aromatic nitrogens is 1. The van der Waals surface area contributed by atoms with Gasteiger partial charge in [0.2, 0.25) is 0 Å². The van der Waals surface area contributed by atoms with Crippen LogP contribution in [0.25, 0.3) is 105 Å². The normalized spacial score (nSPS) is 13.0. The van der Waals surface area contributed by atoms with Gasteiger partial charge in [0, 0.05) is 49.6 Å². The molecule has 12 aromatic carbocycles. The van der Waals surface area contributed by atoms with Crippen LogP contribution in [0, 0.1) is 0 Å². The summed E-state index contributed by atoms with van der Waals surface area (Å²) < 4.78 is 9.07. The van der Waals surface area contributed by atoms with Crippen LogP contribution in [0.1, 0.15) is 22.3 Å². The highest BCUT2D eigenvalue weighted by atomic mass is 16.3. The Balaban J connectivity index is 0.856. The Bertz CT molecular complexity index is 4490. The van der Waals surface area contributed by atoms with Crippen molar-refractivity contribution < 1.29 is 4.42 Å². The summed E-state index contributed by atoms with van der Waals surface area (Å²) in [7, 11) is 0. The zero-order valence-electron chi connectivity index (χ0n) is 40.2. The molecule has 2 aliphatic carbocycles. The van der Waals surface area contributed by atoms with Gasteiger partial charge in [-0.3, -0.25) is 0 Å². The SMILES string of the molecule is c1ccc(-n2c3ccccc3c3ccccc32)c(-c2ccc(N(c3ccc(-c4ccc5c(c4)oc4c6ccccc6ccc54)cc3)c3ccc4c(c3)C3(c5ccccc5-c5ccccc53)c3ccccc3-4)cc2)c1. The average molecular weight is 941 g/mol. The van der Waals surface area contributed by atoms with Crippen molar-refractivity contribution in [1.29, 1.82) is 0 Å².